The van der Waals surface area contributed by atoms with Crippen LogP contribution in [0.1, 0.15) is 15.9 Å². The molecule has 98 valence electrons. The minimum atomic E-state index is -0.573. The average Bonchev–Trinajstić information content (AvgIpc) is 2.49. The van der Waals surface area contributed by atoms with E-state index in [1.54, 1.807) is 12.1 Å². The van der Waals surface area contributed by atoms with Crippen LogP contribution in [0.3, 0.4) is 0 Å². The monoisotopic (exact) mass is 265 g/mol. The summed E-state index contributed by atoms with van der Waals surface area (Å²) in [7, 11) is 0. The van der Waals surface area contributed by atoms with Crippen LogP contribution >= 0.6 is 0 Å². The van der Waals surface area contributed by atoms with Gasteiger partial charge in [-0.2, -0.15) is 0 Å². The molecule has 0 bridgehead atoms. The number of hydrogen-bond acceptors (Lipinski definition) is 2. The molecule has 3 heteroatoms. The van der Waals surface area contributed by atoms with Crippen molar-refractivity contribution >= 4 is 22.2 Å². The maximum Gasteiger partial charge on any atom is 0.193 e. The second-order valence-electron chi connectivity index (χ2n) is 4.59. The fraction of sp³-hybridized carbons (Fsp3) is 0. The van der Waals surface area contributed by atoms with Crippen molar-refractivity contribution in [3.05, 3.63) is 77.6 Å². The van der Waals surface area contributed by atoms with E-state index in [-0.39, 0.29) is 11.5 Å². The van der Waals surface area contributed by atoms with Crippen LogP contribution in [-0.2, 0) is 0 Å². The molecule has 2 nitrogen and oxygen atoms in total. The van der Waals surface area contributed by atoms with Crippen molar-refractivity contribution in [2.45, 2.75) is 0 Å². The molecule has 0 radical (unpaired) electrons. The summed E-state index contributed by atoms with van der Waals surface area (Å²) in [5.41, 5.74) is 6.33. The fourth-order valence-electron chi connectivity index (χ4n) is 2.25. The third kappa shape index (κ3) is 2.03. The number of fused-ring (bicyclic) bond motifs is 1. The van der Waals surface area contributed by atoms with E-state index in [1.165, 1.54) is 12.1 Å². The van der Waals surface area contributed by atoms with Crippen molar-refractivity contribution in [3.63, 3.8) is 0 Å². The van der Waals surface area contributed by atoms with Gasteiger partial charge in [0.2, 0.25) is 0 Å². The Kier molecular flexibility index (Phi) is 2.95. The molecule has 3 aromatic rings. The summed E-state index contributed by atoms with van der Waals surface area (Å²) in [5.74, 6) is -0.781. The first-order chi connectivity index (χ1) is 9.66. The predicted molar refractivity (Wildman–Crippen MR) is 78.2 cm³/mol. The molecule has 0 fully saturated rings. The molecule has 0 saturated heterocycles. The van der Waals surface area contributed by atoms with Gasteiger partial charge >= 0.3 is 0 Å². The third-order valence-corrected chi connectivity index (χ3v) is 3.30. The minimum Gasteiger partial charge on any atom is -0.396 e. The molecule has 0 aliphatic heterocycles. The Morgan fingerprint density at radius 2 is 1.70 bits per heavy atom. The number of ketones is 1. The summed E-state index contributed by atoms with van der Waals surface area (Å²) < 4.78 is 13.5. The molecular formula is C17H12FNO. The van der Waals surface area contributed by atoms with E-state index in [4.69, 9.17) is 5.73 Å². The lowest BCUT2D eigenvalue weighted by molar-refractivity contribution is 0.104. The molecule has 0 heterocycles. The van der Waals surface area contributed by atoms with Crippen LogP contribution in [0.4, 0.5) is 10.1 Å². The fourth-order valence-corrected chi connectivity index (χ4v) is 2.25. The first-order valence-electron chi connectivity index (χ1n) is 6.24. The number of rotatable bonds is 2. The molecule has 0 amide bonds. The quantitative estimate of drug-likeness (QED) is 0.566. The van der Waals surface area contributed by atoms with Gasteiger partial charge in [0, 0.05) is 11.1 Å². The van der Waals surface area contributed by atoms with Crippen molar-refractivity contribution in [1.82, 2.24) is 0 Å². The van der Waals surface area contributed by atoms with Crippen molar-refractivity contribution in [2.75, 3.05) is 5.73 Å². The molecule has 0 aliphatic carbocycles. The number of nitrogen functional groups attached to an aromatic ring is 1. The van der Waals surface area contributed by atoms with Gasteiger partial charge in [-0.3, -0.25) is 4.79 Å². The Bertz CT molecular complexity index is 806. The Hall–Kier alpha value is -2.68. The van der Waals surface area contributed by atoms with E-state index < -0.39 is 5.82 Å². The zero-order valence-electron chi connectivity index (χ0n) is 10.6. The van der Waals surface area contributed by atoms with Crippen molar-refractivity contribution in [1.29, 1.82) is 0 Å². The zero-order chi connectivity index (χ0) is 14.1. The molecule has 0 unspecified atom stereocenters. The Morgan fingerprint density at radius 3 is 2.50 bits per heavy atom. The van der Waals surface area contributed by atoms with Gasteiger partial charge in [-0.15, -0.1) is 0 Å². The predicted octanol–water partition coefficient (Wildman–Crippen LogP) is 3.79. The van der Waals surface area contributed by atoms with Gasteiger partial charge in [0.25, 0.3) is 0 Å². The molecule has 0 spiro atoms. The third-order valence-electron chi connectivity index (χ3n) is 3.30. The van der Waals surface area contributed by atoms with Crippen LogP contribution in [0.2, 0.25) is 0 Å². The molecule has 0 aliphatic rings. The molecule has 3 aromatic carbocycles. The van der Waals surface area contributed by atoms with Crippen LogP contribution in [0.5, 0.6) is 0 Å². The molecular weight excluding hydrogens is 253 g/mol. The maximum absolute atomic E-state index is 13.5. The van der Waals surface area contributed by atoms with Gasteiger partial charge in [-0.05, 0) is 29.0 Å². The van der Waals surface area contributed by atoms with E-state index in [9.17, 15) is 9.18 Å². The largest absolute Gasteiger partial charge is 0.396 e. The lowest BCUT2D eigenvalue weighted by Gasteiger charge is -2.06. The van der Waals surface area contributed by atoms with E-state index >= 15 is 0 Å². The highest BCUT2D eigenvalue weighted by Crippen LogP contribution is 2.22. The summed E-state index contributed by atoms with van der Waals surface area (Å²) in [6.45, 7) is 0. The highest BCUT2D eigenvalue weighted by Gasteiger charge is 2.13. The van der Waals surface area contributed by atoms with Crippen molar-refractivity contribution < 1.29 is 9.18 Å². The standard InChI is InChI=1S/C17H12FNO/c18-15-10-12(8-9-16(15)19)17(20)14-7-3-5-11-4-1-2-6-13(11)14/h1-10H,19H2. The number of carbonyl (C=O) groups is 1. The summed E-state index contributed by atoms with van der Waals surface area (Å²) >= 11 is 0. The number of halogens is 1. The van der Waals surface area contributed by atoms with Gasteiger partial charge in [-0.1, -0.05) is 42.5 Å². The van der Waals surface area contributed by atoms with Gasteiger partial charge in [0.05, 0.1) is 5.69 Å². The van der Waals surface area contributed by atoms with Gasteiger partial charge in [0.15, 0.2) is 5.78 Å². The normalized spacial score (nSPS) is 10.7. The smallest absolute Gasteiger partial charge is 0.193 e. The Morgan fingerprint density at radius 1 is 0.950 bits per heavy atom. The van der Waals surface area contributed by atoms with Crippen molar-refractivity contribution in [3.8, 4) is 0 Å². The number of carbonyl (C=O) groups excluding carboxylic acids is 1. The topological polar surface area (TPSA) is 43.1 Å². The van der Waals surface area contributed by atoms with E-state index in [2.05, 4.69) is 0 Å². The highest BCUT2D eigenvalue weighted by atomic mass is 19.1. The lowest BCUT2D eigenvalue weighted by Crippen LogP contribution is -2.03. The summed E-state index contributed by atoms with van der Waals surface area (Å²) in [4.78, 5) is 12.5. The Balaban J connectivity index is 2.15. The van der Waals surface area contributed by atoms with Crippen LogP contribution in [-0.4, -0.2) is 5.78 Å². The number of nitrogens with two attached hydrogens (primary N) is 1. The molecule has 0 saturated carbocycles. The van der Waals surface area contributed by atoms with Crippen molar-refractivity contribution in [2.24, 2.45) is 0 Å². The average molecular weight is 265 g/mol. The van der Waals surface area contributed by atoms with E-state index in [1.807, 2.05) is 36.4 Å². The van der Waals surface area contributed by atoms with E-state index in [0.717, 1.165) is 10.8 Å². The SMILES string of the molecule is Nc1ccc(C(=O)c2cccc3ccccc23)cc1F. The van der Waals surface area contributed by atoms with Crippen LogP contribution < -0.4 is 5.73 Å². The van der Waals surface area contributed by atoms with Crippen LogP contribution in [0.15, 0.2) is 60.7 Å². The first kappa shape index (κ1) is 12.4. The summed E-state index contributed by atoms with van der Waals surface area (Å²) in [6.07, 6.45) is 0. The minimum absolute atomic E-state index is 0.0412. The number of hydrogen-bond donors (Lipinski definition) is 1. The second kappa shape index (κ2) is 4.78. The van der Waals surface area contributed by atoms with Gasteiger partial charge in [0.1, 0.15) is 5.82 Å². The molecule has 0 atom stereocenters. The van der Waals surface area contributed by atoms with Crippen LogP contribution in [0.25, 0.3) is 10.8 Å². The highest BCUT2D eigenvalue weighted by molar-refractivity contribution is 6.16. The molecule has 3 rings (SSSR count). The second-order valence-corrected chi connectivity index (χ2v) is 4.59. The summed E-state index contributed by atoms with van der Waals surface area (Å²) in [5, 5.41) is 1.84. The molecule has 0 aromatic heterocycles. The first-order valence-corrected chi connectivity index (χ1v) is 6.24. The molecule has 2 N–H and O–H groups in total. The lowest BCUT2D eigenvalue weighted by atomic mass is 9.97. The van der Waals surface area contributed by atoms with Gasteiger partial charge < -0.3 is 5.73 Å². The zero-order valence-corrected chi connectivity index (χ0v) is 10.6. The maximum atomic E-state index is 13.5. The van der Waals surface area contributed by atoms with Gasteiger partial charge in [-0.25, -0.2) is 4.39 Å². The number of benzene rings is 3. The van der Waals surface area contributed by atoms with E-state index in [0.29, 0.717) is 11.1 Å². The summed E-state index contributed by atoms with van der Waals surface area (Å²) in [6, 6.07) is 17.3. The Labute approximate surface area is 115 Å². The molecule has 20 heavy (non-hydrogen) atoms. The van der Waals surface area contributed by atoms with Crippen LogP contribution in [0, 0.1) is 5.82 Å². The number of anilines is 1.